The lowest BCUT2D eigenvalue weighted by Crippen LogP contribution is -2.69. The van der Waals surface area contributed by atoms with Crippen molar-refractivity contribution in [2.24, 2.45) is 5.92 Å². The average Bonchev–Trinajstić information content (AvgIpc) is 3.88. The van der Waals surface area contributed by atoms with Crippen molar-refractivity contribution in [3.8, 4) is 0 Å². The van der Waals surface area contributed by atoms with Gasteiger partial charge in [0.1, 0.15) is 0 Å². The Morgan fingerprint density at radius 1 is 0.314 bits per heavy atom. The van der Waals surface area contributed by atoms with Gasteiger partial charge in [0, 0.05) is 0 Å². The number of benzene rings is 9. The Morgan fingerprint density at radius 2 is 0.557 bits per heavy atom. The van der Waals surface area contributed by atoms with Crippen LogP contribution in [0.5, 0.6) is 0 Å². The normalized spacial score (nSPS) is 12.9. The smallest absolute Gasteiger partial charge is 0.0801 e. The van der Waals surface area contributed by atoms with E-state index in [1.165, 1.54) is 87.9 Å². The summed E-state index contributed by atoms with van der Waals surface area (Å²) in [6, 6.07) is 90.1. The molecule has 0 aromatic heterocycles. The largest absolute Gasteiger partial charge is 0.179 e. The number of hydrogen-bond donors (Lipinski definition) is 0. The van der Waals surface area contributed by atoms with Gasteiger partial charge in [-0.25, -0.2) is 0 Å². The zero-order chi connectivity index (χ0) is 47.5. The summed E-state index contributed by atoms with van der Waals surface area (Å²) in [5, 5.41) is 5.98. The topological polar surface area (TPSA) is 0 Å². The molecule has 9 aromatic rings. The molecule has 9 aromatic carbocycles. The minimum Gasteiger partial charge on any atom is -0.0801 e. The molecule has 0 N–H and O–H groups in total. The highest BCUT2D eigenvalue weighted by Gasteiger charge is 2.47. The zero-order valence-corrected chi connectivity index (χ0v) is 41.9. The number of hydrogen-bond acceptors (Lipinski definition) is 0. The molecule has 0 saturated heterocycles. The van der Waals surface area contributed by atoms with Crippen LogP contribution in [0.25, 0.3) is 0 Å². The van der Waals surface area contributed by atoms with Gasteiger partial charge in [0.05, 0.1) is 0 Å². The Bertz CT molecular complexity index is 2700. The van der Waals surface area contributed by atoms with Gasteiger partial charge < -0.3 is 0 Å². The Balaban J connectivity index is 1.32. The third-order valence-corrected chi connectivity index (χ3v) is 19.2. The van der Waals surface area contributed by atoms with E-state index >= 15 is 0 Å². The van der Waals surface area contributed by atoms with Crippen LogP contribution in [0.1, 0.15) is 93.5 Å². The summed E-state index contributed by atoms with van der Waals surface area (Å²) in [5.74, 6) is 0.407. The van der Waals surface area contributed by atoms with E-state index in [1.807, 2.05) is 0 Å². The summed E-state index contributed by atoms with van der Waals surface area (Å²) in [5.41, 5.74) is 17.8. The highest BCUT2D eigenvalue weighted by atomic mass is 28.3. The van der Waals surface area contributed by atoms with Gasteiger partial charge in [-0.15, -0.1) is 0 Å². The van der Waals surface area contributed by atoms with Crippen LogP contribution in [0.15, 0.2) is 260 Å². The maximum Gasteiger partial charge on any atom is 0.179 e. The Morgan fingerprint density at radius 3 is 0.786 bits per heavy atom. The molecular weight excluding hydrogens is 857 g/mol. The van der Waals surface area contributed by atoms with Crippen LogP contribution in [0.3, 0.4) is 0 Å². The molecule has 1 heteroatoms. The average molecular weight is 921 g/mol. The van der Waals surface area contributed by atoms with Gasteiger partial charge in [-0.1, -0.05) is 263 Å². The maximum atomic E-state index is 2.66. The molecule has 0 aliphatic heterocycles. The molecule has 1 unspecified atom stereocenters. The fourth-order valence-corrected chi connectivity index (χ4v) is 16.6. The second kappa shape index (κ2) is 22.0. The molecule has 0 saturated carbocycles. The monoisotopic (exact) mass is 920 g/mol. The third kappa shape index (κ3) is 10.9. The molecule has 70 heavy (non-hydrogen) atoms. The van der Waals surface area contributed by atoms with E-state index in [-0.39, 0.29) is 0 Å². The van der Waals surface area contributed by atoms with E-state index in [0.717, 1.165) is 51.4 Å². The molecule has 10 rings (SSSR count). The first-order chi connectivity index (χ1) is 34.5. The Labute approximate surface area is 418 Å². The van der Waals surface area contributed by atoms with Gasteiger partial charge >= 0.3 is 0 Å². The lowest BCUT2D eigenvalue weighted by atomic mass is 9.98. The molecule has 0 fully saturated rings. The molecule has 344 valence electrons. The summed E-state index contributed by atoms with van der Waals surface area (Å²) < 4.78 is 0. The first-order valence-electron chi connectivity index (χ1n) is 25.5. The van der Waals surface area contributed by atoms with Gasteiger partial charge in [0.15, 0.2) is 8.07 Å². The van der Waals surface area contributed by atoms with Crippen molar-refractivity contribution in [3.63, 3.8) is 0 Å². The van der Waals surface area contributed by atoms with Crippen LogP contribution in [0, 0.1) is 5.92 Å². The summed E-state index contributed by atoms with van der Waals surface area (Å²) in [4.78, 5) is 0. The molecule has 0 radical (unpaired) electrons. The molecule has 0 bridgehead atoms. The first-order valence-corrected chi connectivity index (χ1v) is 27.5. The molecule has 1 aliphatic carbocycles. The van der Waals surface area contributed by atoms with Crippen molar-refractivity contribution in [1.82, 2.24) is 0 Å². The third-order valence-electron chi connectivity index (χ3n) is 14.5. The van der Waals surface area contributed by atoms with E-state index in [4.69, 9.17) is 0 Å². The van der Waals surface area contributed by atoms with Gasteiger partial charge in [-0.3, -0.25) is 0 Å². The van der Waals surface area contributed by atoms with E-state index in [2.05, 4.69) is 263 Å². The Kier molecular flexibility index (Phi) is 14.6. The quantitative estimate of drug-likeness (QED) is 0.0594. The van der Waals surface area contributed by atoms with Crippen LogP contribution >= 0.6 is 0 Å². The molecule has 1 atom stereocenters. The van der Waals surface area contributed by atoms with Gasteiger partial charge in [-0.2, -0.15) is 0 Å². The van der Waals surface area contributed by atoms with E-state index in [1.54, 1.807) is 5.20 Å². The minimum absolute atomic E-state index is 0.407. The molecule has 1 aliphatic rings. The lowest BCUT2D eigenvalue weighted by molar-refractivity contribution is 0.668. The van der Waals surface area contributed by atoms with Gasteiger partial charge in [0.2, 0.25) is 0 Å². The molecular formula is C69H64Si. The minimum atomic E-state index is -3.23. The van der Waals surface area contributed by atoms with E-state index in [0.29, 0.717) is 5.92 Å². The summed E-state index contributed by atoms with van der Waals surface area (Å²) in [6.45, 7) is 4.84. The van der Waals surface area contributed by atoms with Crippen molar-refractivity contribution in [1.29, 1.82) is 0 Å². The van der Waals surface area contributed by atoms with Crippen LogP contribution in [-0.4, -0.2) is 8.07 Å². The number of rotatable bonds is 18. The predicted molar refractivity (Wildman–Crippen MR) is 300 cm³/mol. The fourth-order valence-electron chi connectivity index (χ4n) is 11.1. The second-order valence-corrected chi connectivity index (χ2v) is 23.4. The van der Waals surface area contributed by atoms with Crippen molar-refractivity contribution in [2.45, 2.75) is 65.2 Å². The SMILES string of the molecule is CCC(C)C1=CCC=C1[Si](c1cc(Cc2ccccc2)cc(Cc2ccccc2)c1)(c1cc(Cc2ccccc2)cc(Cc2ccccc2)c1)c1cc(Cc2ccccc2)cc(Cc2ccccc2)c1. The molecule has 0 spiro atoms. The summed E-state index contributed by atoms with van der Waals surface area (Å²) in [7, 11) is -3.23. The summed E-state index contributed by atoms with van der Waals surface area (Å²) >= 11 is 0. The Hall–Kier alpha value is -7.32. The maximum absolute atomic E-state index is 3.23. The fraction of sp³-hybridized carbons (Fsp3) is 0.159. The lowest BCUT2D eigenvalue weighted by Gasteiger charge is -2.39. The van der Waals surface area contributed by atoms with Crippen molar-refractivity contribution >= 4 is 23.6 Å². The van der Waals surface area contributed by atoms with Crippen LogP contribution in [0.2, 0.25) is 0 Å². The summed E-state index contributed by atoms with van der Waals surface area (Å²) in [6.07, 6.45) is 12.5. The van der Waals surface area contributed by atoms with Crippen LogP contribution < -0.4 is 15.6 Å². The number of allylic oxidation sites excluding steroid dienone is 4. The van der Waals surface area contributed by atoms with Crippen molar-refractivity contribution in [3.05, 3.63) is 326 Å². The predicted octanol–water partition coefficient (Wildman–Crippen LogP) is 14.5. The molecule has 0 heterocycles. The second-order valence-electron chi connectivity index (χ2n) is 19.7. The molecule has 0 nitrogen and oxygen atoms in total. The first kappa shape index (κ1) is 46.4. The van der Waals surface area contributed by atoms with Crippen LogP contribution in [0.4, 0.5) is 0 Å². The van der Waals surface area contributed by atoms with Gasteiger partial charge in [-0.05, 0) is 150 Å². The van der Waals surface area contributed by atoms with Gasteiger partial charge in [0.25, 0.3) is 0 Å². The van der Waals surface area contributed by atoms with Crippen molar-refractivity contribution in [2.75, 3.05) is 0 Å². The van der Waals surface area contributed by atoms with E-state index < -0.39 is 8.07 Å². The van der Waals surface area contributed by atoms with Crippen molar-refractivity contribution < 1.29 is 0 Å². The zero-order valence-electron chi connectivity index (χ0n) is 40.9. The van der Waals surface area contributed by atoms with Crippen LogP contribution in [-0.2, 0) is 38.5 Å². The highest BCUT2D eigenvalue weighted by molar-refractivity contribution is 7.16. The highest BCUT2D eigenvalue weighted by Crippen LogP contribution is 2.37. The molecule has 0 amide bonds. The standard InChI is InChI=1S/C69H64Si/c1-3-52(2)68-35-22-36-69(68)70(65-46-59(37-53-23-10-4-11-24-53)43-60(47-65)38-54-25-12-5-13-26-54,66-48-61(39-55-27-14-6-15-28-55)44-62(49-66)40-56-29-16-7-17-30-56)67-50-63(41-57-31-18-8-19-32-57)45-64(51-67)42-58-33-20-9-21-34-58/h4-21,23-36,43-52H,3,22,37-42H2,1-2H3. The van der Waals surface area contributed by atoms with E-state index in [9.17, 15) is 0 Å².